The number of rotatable bonds is 2. The van der Waals surface area contributed by atoms with Gasteiger partial charge in [0, 0.05) is 38.3 Å². The number of aryl methyl sites for hydroxylation is 1. The van der Waals surface area contributed by atoms with Gasteiger partial charge in [0.05, 0.1) is 6.04 Å². The first-order valence-electron chi connectivity index (χ1n) is 8.42. The van der Waals surface area contributed by atoms with Gasteiger partial charge in [0.15, 0.2) is 5.82 Å². The first kappa shape index (κ1) is 15.3. The molecule has 22 heavy (non-hydrogen) atoms. The number of amides is 1. The molecule has 0 radical (unpaired) electrons. The second-order valence-electron chi connectivity index (χ2n) is 6.77. The van der Waals surface area contributed by atoms with E-state index in [1.165, 1.54) is 12.8 Å². The third kappa shape index (κ3) is 3.08. The monoisotopic (exact) mass is 302 g/mol. The molecular formula is C17H26N4O. The highest BCUT2D eigenvalue weighted by Gasteiger charge is 2.31. The van der Waals surface area contributed by atoms with Crippen molar-refractivity contribution in [2.45, 2.75) is 52.5 Å². The SMILES string of the molecule is CC(=O)N1CCCC1c1nc(C)cc(N2CCC(C)CC2)n1. The van der Waals surface area contributed by atoms with Gasteiger partial charge in [-0.2, -0.15) is 0 Å². The number of piperidine rings is 1. The predicted molar refractivity (Wildman–Crippen MR) is 86.7 cm³/mol. The average Bonchev–Trinajstić information content (AvgIpc) is 2.97. The molecule has 0 bridgehead atoms. The maximum atomic E-state index is 11.8. The van der Waals surface area contributed by atoms with E-state index < -0.39 is 0 Å². The zero-order valence-corrected chi connectivity index (χ0v) is 13.9. The lowest BCUT2D eigenvalue weighted by atomic mass is 9.99. The van der Waals surface area contributed by atoms with Crippen LogP contribution in [0.1, 0.15) is 57.1 Å². The highest BCUT2D eigenvalue weighted by molar-refractivity contribution is 5.74. The zero-order chi connectivity index (χ0) is 15.7. The molecule has 0 saturated carbocycles. The first-order valence-corrected chi connectivity index (χ1v) is 8.42. The van der Waals surface area contributed by atoms with E-state index in [1.54, 1.807) is 6.92 Å². The Balaban J connectivity index is 1.85. The third-order valence-electron chi connectivity index (χ3n) is 4.92. The molecule has 5 nitrogen and oxygen atoms in total. The summed E-state index contributed by atoms with van der Waals surface area (Å²) in [6, 6.07) is 2.13. The number of nitrogens with zero attached hydrogens (tertiary/aromatic N) is 4. The van der Waals surface area contributed by atoms with Gasteiger partial charge in [-0.25, -0.2) is 9.97 Å². The summed E-state index contributed by atoms with van der Waals surface area (Å²) in [6.07, 6.45) is 4.46. The Labute approximate surface area is 132 Å². The molecule has 120 valence electrons. The molecule has 0 aromatic carbocycles. The van der Waals surface area contributed by atoms with Crippen LogP contribution in [0.5, 0.6) is 0 Å². The summed E-state index contributed by atoms with van der Waals surface area (Å²) in [6.45, 7) is 8.94. The highest BCUT2D eigenvalue weighted by Crippen LogP contribution is 2.31. The number of carbonyl (C=O) groups excluding carboxylic acids is 1. The second-order valence-corrected chi connectivity index (χ2v) is 6.77. The Morgan fingerprint density at radius 3 is 2.59 bits per heavy atom. The summed E-state index contributed by atoms with van der Waals surface area (Å²) in [5, 5.41) is 0. The molecule has 2 aliphatic heterocycles. The van der Waals surface area contributed by atoms with Crippen molar-refractivity contribution < 1.29 is 4.79 Å². The van der Waals surface area contributed by atoms with Crippen molar-refractivity contribution in [3.63, 3.8) is 0 Å². The quantitative estimate of drug-likeness (QED) is 0.843. The molecule has 1 unspecified atom stereocenters. The fourth-order valence-corrected chi connectivity index (χ4v) is 3.54. The Morgan fingerprint density at radius 2 is 1.91 bits per heavy atom. The highest BCUT2D eigenvalue weighted by atomic mass is 16.2. The molecule has 2 fully saturated rings. The second kappa shape index (κ2) is 6.23. The van der Waals surface area contributed by atoms with E-state index in [1.807, 2.05) is 11.8 Å². The van der Waals surface area contributed by atoms with E-state index in [-0.39, 0.29) is 11.9 Å². The van der Waals surface area contributed by atoms with E-state index in [0.717, 1.165) is 55.7 Å². The van der Waals surface area contributed by atoms with Gasteiger partial charge in [-0.15, -0.1) is 0 Å². The zero-order valence-electron chi connectivity index (χ0n) is 13.9. The number of hydrogen-bond acceptors (Lipinski definition) is 4. The summed E-state index contributed by atoms with van der Waals surface area (Å²) in [7, 11) is 0. The van der Waals surface area contributed by atoms with Crippen LogP contribution >= 0.6 is 0 Å². The van der Waals surface area contributed by atoms with Gasteiger partial charge in [0.25, 0.3) is 0 Å². The minimum Gasteiger partial charge on any atom is -0.356 e. The standard InChI is InChI=1S/C17H26N4O/c1-12-6-9-20(10-7-12)16-11-13(2)18-17(19-16)15-5-4-8-21(15)14(3)22/h11-12,15H,4-10H2,1-3H3. The van der Waals surface area contributed by atoms with Crippen molar-refractivity contribution in [1.82, 2.24) is 14.9 Å². The van der Waals surface area contributed by atoms with Crippen LogP contribution in [0.15, 0.2) is 6.07 Å². The van der Waals surface area contributed by atoms with Gasteiger partial charge in [-0.1, -0.05) is 6.92 Å². The largest absolute Gasteiger partial charge is 0.356 e. The number of aromatic nitrogens is 2. The lowest BCUT2D eigenvalue weighted by molar-refractivity contribution is -0.129. The maximum absolute atomic E-state index is 11.8. The van der Waals surface area contributed by atoms with Gasteiger partial charge in [-0.3, -0.25) is 4.79 Å². The Hall–Kier alpha value is -1.65. The molecule has 1 atom stereocenters. The van der Waals surface area contributed by atoms with Crippen LogP contribution in [-0.4, -0.2) is 40.4 Å². The van der Waals surface area contributed by atoms with Crippen LogP contribution < -0.4 is 4.90 Å². The summed E-state index contributed by atoms with van der Waals surface area (Å²) in [5.41, 5.74) is 0.994. The summed E-state index contributed by atoms with van der Waals surface area (Å²) < 4.78 is 0. The number of hydrogen-bond donors (Lipinski definition) is 0. The predicted octanol–water partition coefficient (Wildman–Crippen LogP) is 2.70. The van der Waals surface area contributed by atoms with E-state index in [4.69, 9.17) is 4.98 Å². The number of likely N-dealkylation sites (tertiary alicyclic amines) is 1. The summed E-state index contributed by atoms with van der Waals surface area (Å²) in [4.78, 5) is 25.5. The van der Waals surface area contributed by atoms with E-state index >= 15 is 0 Å². The van der Waals surface area contributed by atoms with Gasteiger partial charge in [0.1, 0.15) is 5.82 Å². The van der Waals surface area contributed by atoms with E-state index in [9.17, 15) is 4.79 Å². The summed E-state index contributed by atoms with van der Waals surface area (Å²) >= 11 is 0. The minimum absolute atomic E-state index is 0.0554. The minimum atomic E-state index is 0.0554. The van der Waals surface area contributed by atoms with Gasteiger partial charge < -0.3 is 9.80 Å². The molecule has 2 saturated heterocycles. The van der Waals surface area contributed by atoms with Crippen LogP contribution in [0.3, 0.4) is 0 Å². The van der Waals surface area contributed by atoms with Crippen LogP contribution in [0.25, 0.3) is 0 Å². The van der Waals surface area contributed by atoms with Crippen LogP contribution in [0.4, 0.5) is 5.82 Å². The summed E-state index contributed by atoms with van der Waals surface area (Å²) in [5.74, 6) is 2.79. The van der Waals surface area contributed by atoms with Gasteiger partial charge >= 0.3 is 0 Å². The van der Waals surface area contributed by atoms with Crippen molar-refractivity contribution in [3.8, 4) is 0 Å². The van der Waals surface area contributed by atoms with Crippen molar-refractivity contribution in [1.29, 1.82) is 0 Å². The van der Waals surface area contributed by atoms with Crippen molar-refractivity contribution in [3.05, 3.63) is 17.6 Å². The number of carbonyl (C=O) groups is 1. The molecule has 3 heterocycles. The fourth-order valence-electron chi connectivity index (χ4n) is 3.54. The van der Waals surface area contributed by atoms with E-state index in [0.29, 0.717) is 0 Å². The van der Waals surface area contributed by atoms with Crippen LogP contribution in [0, 0.1) is 12.8 Å². The van der Waals surface area contributed by atoms with E-state index in [2.05, 4.69) is 22.9 Å². The molecular weight excluding hydrogens is 276 g/mol. The molecule has 1 amide bonds. The normalized spacial score (nSPS) is 23.1. The molecule has 0 aliphatic carbocycles. The molecule has 0 N–H and O–H groups in total. The third-order valence-corrected chi connectivity index (χ3v) is 4.92. The maximum Gasteiger partial charge on any atom is 0.220 e. The van der Waals surface area contributed by atoms with Crippen LogP contribution in [0.2, 0.25) is 0 Å². The molecule has 5 heteroatoms. The van der Waals surface area contributed by atoms with Gasteiger partial charge in [0.2, 0.25) is 5.91 Å². The molecule has 1 aromatic rings. The molecule has 0 spiro atoms. The first-order chi connectivity index (χ1) is 10.5. The van der Waals surface area contributed by atoms with Crippen molar-refractivity contribution in [2.24, 2.45) is 5.92 Å². The molecule has 2 aliphatic rings. The average molecular weight is 302 g/mol. The van der Waals surface area contributed by atoms with Crippen molar-refractivity contribution >= 4 is 11.7 Å². The molecule has 3 rings (SSSR count). The van der Waals surface area contributed by atoms with Crippen LogP contribution in [-0.2, 0) is 4.79 Å². The topological polar surface area (TPSA) is 49.3 Å². The Bertz CT molecular complexity index is 552. The smallest absolute Gasteiger partial charge is 0.220 e. The van der Waals surface area contributed by atoms with Crippen molar-refractivity contribution in [2.75, 3.05) is 24.5 Å². The number of anilines is 1. The van der Waals surface area contributed by atoms with Gasteiger partial charge in [-0.05, 0) is 38.5 Å². The Kier molecular flexibility index (Phi) is 4.32. The lowest BCUT2D eigenvalue weighted by Crippen LogP contribution is -2.34. The lowest BCUT2D eigenvalue weighted by Gasteiger charge is -2.32. The fraction of sp³-hybridized carbons (Fsp3) is 0.706. The Morgan fingerprint density at radius 1 is 1.18 bits per heavy atom. The molecule has 1 aromatic heterocycles.